The second-order valence-electron chi connectivity index (χ2n) is 6.06. The summed E-state index contributed by atoms with van der Waals surface area (Å²) in [4.78, 5) is 15.0. The van der Waals surface area contributed by atoms with Gasteiger partial charge in [-0.25, -0.2) is 0 Å². The molecule has 1 unspecified atom stereocenters. The molecule has 4 N–H and O–H groups in total. The molecule has 3 aliphatic heterocycles. The maximum absolute atomic E-state index is 12.5. The lowest BCUT2D eigenvalue weighted by molar-refractivity contribution is 0.0618. The molecule has 4 heterocycles. The third-order valence-electron chi connectivity index (χ3n) is 4.81. The predicted molar refractivity (Wildman–Crippen MR) is 80.9 cm³/mol. The number of rotatable bonds is 2. The van der Waals surface area contributed by atoms with Crippen molar-refractivity contribution in [3.63, 3.8) is 0 Å². The van der Waals surface area contributed by atoms with Gasteiger partial charge in [0.1, 0.15) is 0 Å². The number of nitrogen functional groups attached to an aromatic ring is 1. The number of hydrogen-bond acceptors (Lipinski definition) is 4. The number of fused-ring (bicyclic) bond motifs is 4. The third kappa shape index (κ3) is 2.06. The van der Waals surface area contributed by atoms with Gasteiger partial charge in [-0.3, -0.25) is 9.89 Å². The highest BCUT2D eigenvalue weighted by Crippen LogP contribution is 2.28. The summed E-state index contributed by atoms with van der Waals surface area (Å²) < 4.78 is 0. The van der Waals surface area contributed by atoms with Gasteiger partial charge in [0, 0.05) is 18.3 Å². The largest absolute Gasteiger partial charge is 0.398 e. The Morgan fingerprint density at radius 3 is 2.90 bits per heavy atom. The second kappa shape index (κ2) is 4.73. The topological polar surface area (TPSA) is 87.0 Å². The number of aromatic nitrogens is 2. The average Bonchev–Trinajstić information content (AvgIpc) is 2.94. The van der Waals surface area contributed by atoms with Crippen molar-refractivity contribution in [2.24, 2.45) is 5.92 Å². The molecule has 110 valence electrons. The molecule has 1 amide bonds. The maximum Gasteiger partial charge on any atom is 0.272 e. The highest BCUT2D eigenvalue weighted by molar-refractivity contribution is 6.09. The van der Waals surface area contributed by atoms with Crippen LogP contribution < -0.4 is 11.1 Å². The minimum Gasteiger partial charge on any atom is -0.398 e. The molecule has 21 heavy (non-hydrogen) atoms. The highest BCUT2D eigenvalue weighted by atomic mass is 16.2. The summed E-state index contributed by atoms with van der Waals surface area (Å²) in [6.07, 6.45) is 2.35. The fourth-order valence-corrected chi connectivity index (χ4v) is 3.63. The van der Waals surface area contributed by atoms with Gasteiger partial charge in [-0.15, -0.1) is 0 Å². The van der Waals surface area contributed by atoms with Crippen LogP contribution in [0.4, 0.5) is 5.69 Å². The van der Waals surface area contributed by atoms with E-state index in [1.165, 1.54) is 12.8 Å². The molecular weight excluding hydrogens is 266 g/mol. The Labute approximate surface area is 122 Å². The van der Waals surface area contributed by atoms with Crippen molar-refractivity contribution in [1.82, 2.24) is 20.4 Å². The molecular formula is C15H19N5O. The molecule has 3 saturated heterocycles. The number of amides is 1. The summed E-state index contributed by atoms with van der Waals surface area (Å²) in [5, 5.41) is 10.9. The van der Waals surface area contributed by atoms with Gasteiger partial charge in [0.15, 0.2) is 5.69 Å². The summed E-state index contributed by atoms with van der Waals surface area (Å²) in [6, 6.07) is 5.76. The predicted octanol–water partition coefficient (Wildman–Crippen LogP) is 0.969. The minimum absolute atomic E-state index is 0.127. The van der Waals surface area contributed by atoms with E-state index in [2.05, 4.69) is 20.4 Å². The van der Waals surface area contributed by atoms with E-state index in [0.29, 0.717) is 17.3 Å². The quantitative estimate of drug-likeness (QED) is 0.718. The van der Waals surface area contributed by atoms with E-state index >= 15 is 0 Å². The monoisotopic (exact) mass is 285 g/mol. The number of anilines is 1. The summed E-state index contributed by atoms with van der Waals surface area (Å²) in [5.74, 6) is 0.472. The van der Waals surface area contributed by atoms with Gasteiger partial charge in [-0.05, 0) is 44.0 Å². The van der Waals surface area contributed by atoms with Crippen LogP contribution in [0.15, 0.2) is 18.2 Å². The van der Waals surface area contributed by atoms with E-state index in [1.54, 1.807) is 6.07 Å². The van der Waals surface area contributed by atoms with Crippen molar-refractivity contribution in [1.29, 1.82) is 0 Å². The zero-order chi connectivity index (χ0) is 14.4. The molecule has 6 heteroatoms. The molecule has 2 bridgehead atoms. The van der Waals surface area contributed by atoms with Crippen molar-refractivity contribution in [2.75, 3.05) is 25.4 Å². The number of nitrogens with one attached hydrogen (secondary N) is 2. The van der Waals surface area contributed by atoms with Crippen molar-refractivity contribution in [2.45, 2.75) is 18.9 Å². The summed E-state index contributed by atoms with van der Waals surface area (Å²) in [6.45, 7) is 3.28. The van der Waals surface area contributed by atoms with Crippen LogP contribution in [0.2, 0.25) is 0 Å². The van der Waals surface area contributed by atoms with Crippen molar-refractivity contribution in [3.05, 3.63) is 23.9 Å². The van der Waals surface area contributed by atoms with Crippen LogP contribution in [0.1, 0.15) is 23.3 Å². The van der Waals surface area contributed by atoms with E-state index < -0.39 is 0 Å². The van der Waals surface area contributed by atoms with Gasteiger partial charge in [0.25, 0.3) is 5.91 Å². The number of carbonyl (C=O) groups excluding carboxylic acids is 1. The highest BCUT2D eigenvalue weighted by Gasteiger charge is 2.35. The Morgan fingerprint density at radius 1 is 1.38 bits per heavy atom. The number of carbonyl (C=O) groups is 1. The number of benzene rings is 1. The number of H-pyrrole nitrogens is 1. The summed E-state index contributed by atoms with van der Waals surface area (Å²) in [7, 11) is 0. The van der Waals surface area contributed by atoms with Crippen LogP contribution >= 0.6 is 0 Å². The number of nitrogens with two attached hydrogens (primary N) is 1. The van der Waals surface area contributed by atoms with Crippen LogP contribution in [0, 0.1) is 5.92 Å². The molecule has 0 spiro atoms. The molecule has 3 aliphatic rings. The maximum atomic E-state index is 12.5. The molecule has 1 atom stereocenters. The van der Waals surface area contributed by atoms with Crippen LogP contribution in [0.25, 0.3) is 10.9 Å². The lowest BCUT2D eigenvalue weighted by Crippen LogP contribution is -2.57. The van der Waals surface area contributed by atoms with E-state index in [1.807, 2.05) is 12.1 Å². The molecule has 6 nitrogen and oxygen atoms in total. The van der Waals surface area contributed by atoms with E-state index in [4.69, 9.17) is 5.73 Å². The Kier molecular flexibility index (Phi) is 2.85. The average molecular weight is 285 g/mol. The Bertz CT molecular complexity index is 686. The molecule has 0 aliphatic carbocycles. The van der Waals surface area contributed by atoms with Crippen LogP contribution in [-0.2, 0) is 0 Å². The van der Waals surface area contributed by atoms with Gasteiger partial charge < -0.3 is 16.0 Å². The Hall–Kier alpha value is -2.08. The van der Waals surface area contributed by atoms with Crippen molar-refractivity contribution in [3.8, 4) is 0 Å². The fraction of sp³-hybridized carbons (Fsp3) is 0.467. The lowest BCUT2D eigenvalue weighted by atomic mass is 9.84. The fourth-order valence-electron chi connectivity index (χ4n) is 3.63. The Balaban J connectivity index is 1.59. The number of nitrogens with zero attached hydrogens (tertiary/aromatic N) is 2. The van der Waals surface area contributed by atoms with Crippen molar-refractivity contribution < 1.29 is 4.79 Å². The van der Waals surface area contributed by atoms with Gasteiger partial charge in [0.05, 0.1) is 10.9 Å². The molecule has 1 aromatic carbocycles. The first-order chi connectivity index (χ1) is 10.2. The van der Waals surface area contributed by atoms with Gasteiger partial charge in [-0.2, -0.15) is 5.10 Å². The first kappa shape index (κ1) is 12.6. The number of piperidine rings is 3. The van der Waals surface area contributed by atoms with E-state index in [0.717, 1.165) is 30.5 Å². The van der Waals surface area contributed by atoms with E-state index in [-0.39, 0.29) is 11.9 Å². The van der Waals surface area contributed by atoms with Crippen LogP contribution in [-0.4, -0.2) is 46.7 Å². The smallest absolute Gasteiger partial charge is 0.272 e. The van der Waals surface area contributed by atoms with Gasteiger partial charge in [-0.1, -0.05) is 6.07 Å². The van der Waals surface area contributed by atoms with E-state index in [9.17, 15) is 4.79 Å². The first-order valence-corrected chi connectivity index (χ1v) is 7.48. The summed E-state index contributed by atoms with van der Waals surface area (Å²) >= 11 is 0. The van der Waals surface area contributed by atoms with Gasteiger partial charge in [0.2, 0.25) is 0 Å². The minimum atomic E-state index is -0.127. The van der Waals surface area contributed by atoms with Crippen LogP contribution in [0.5, 0.6) is 0 Å². The molecule has 0 saturated carbocycles. The molecule has 5 rings (SSSR count). The normalized spacial score (nSPS) is 27.9. The summed E-state index contributed by atoms with van der Waals surface area (Å²) in [5.41, 5.74) is 7.77. The number of aromatic amines is 1. The Morgan fingerprint density at radius 2 is 2.19 bits per heavy atom. The zero-order valence-electron chi connectivity index (χ0n) is 11.8. The zero-order valence-corrected chi connectivity index (χ0v) is 11.8. The molecule has 2 aromatic rings. The first-order valence-electron chi connectivity index (χ1n) is 7.48. The van der Waals surface area contributed by atoms with Crippen LogP contribution in [0.3, 0.4) is 0 Å². The number of hydrogen-bond donors (Lipinski definition) is 3. The van der Waals surface area contributed by atoms with Crippen molar-refractivity contribution >= 4 is 22.5 Å². The molecule has 0 radical (unpaired) electrons. The lowest BCUT2D eigenvalue weighted by Gasteiger charge is -2.44. The third-order valence-corrected chi connectivity index (χ3v) is 4.81. The standard InChI is InChI=1S/C15H19N5O/c16-10-2-1-3-11-13(10)14(19-18-11)15(21)17-12-8-20-6-4-9(12)5-7-20/h1-3,9,12H,4-8,16H2,(H,17,21)(H,18,19). The molecule has 3 fully saturated rings. The molecule has 1 aromatic heterocycles. The van der Waals surface area contributed by atoms with Gasteiger partial charge >= 0.3 is 0 Å². The SMILES string of the molecule is Nc1cccc2[nH]nc(C(=O)NC3CN4CCC3CC4)c12. The second-order valence-corrected chi connectivity index (χ2v) is 6.06.